The van der Waals surface area contributed by atoms with Gasteiger partial charge in [-0.1, -0.05) is 48.0 Å². The molecule has 7 nitrogen and oxygen atoms in total. The molecular formula is C34H33ClFNO6. The second-order valence-electron chi connectivity index (χ2n) is 10.1. The second-order valence-corrected chi connectivity index (χ2v) is 10.5. The lowest BCUT2D eigenvalue weighted by atomic mass is 10.0. The molecule has 3 aromatic carbocycles. The third-order valence-electron chi connectivity index (χ3n) is 6.95. The number of carbonyl (C=O) groups is 2. The van der Waals surface area contributed by atoms with Gasteiger partial charge in [0.05, 0.1) is 10.5 Å². The molecule has 4 aromatic rings. The molecule has 1 heterocycles. The molecule has 43 heavy (non-hydrogen) atoms. The van der Waals surface area contributed by atoms with Gasteiger partial charge in [0.2, 0.25) is 0 Å². The van der Waals surface area contributed by atoms with Gasteiger partial charge in [-0.25, -0.2) is 4.39 Å². The van der Waals surface area contributed by atoms with E-state index in [1.54, 1.807) is 41.8 Å². The number of allylic oxidation sites excluding steroid dienone is 1. The number of fused-ring (bicyclic) bond motifs is 1. The number of rotatable bonds is 13. The third kappa shape index (κ3) is 7.84. The number of benzene rings is 3. The topological polar surface area (TPSA) is 98.0 Å². The Morgan fingerprint density at radius 1 is 1.00 bits per heavy atom. The molecule has 0 bridgehead atoms. The van der Waals surface area contributed by atoms with Gasteiger partial charge in [-0.05, 0) is 98.3 Å². The van der Waals surface area contributed by atoms with Crippen LogP contribution in [0.25, 0.3) is 23.1 Å². The van der Waals surface area contributed by atoms with Crippen LogP contribution in [0.4, 0.5) is 4.39 Å². The monoisotopic (exact) mass is 605 g/mol. The van der Waals surface area contributed by atoms with Crippen molar-refractivity contribution in [3.05, 3.63) is 106 Å². The van der Waals surface area contributed by atoms with Crippen LogP contribution >= 0.6 is 11.6 Å². The standard InChI is InChI=1S/C34H33ClFNO6/c1-4-6-32(43-29-18-9-21(2)19-27(29)35)42-25-15-11-23(12-16-25)10-13-24-14-17-28(36)33-26(7-5-8-30(38)39)22(3)37(34(24)33)20-31(40)41/h4,6,9-19,32H,5,7-8,20H2,1-3H3,(H,38,39)(H,40,41). The fourth-order valence-corrected chi connectivity index (χ4v) is 5.21. The molecule has 1 unspecified atom stereocenters. The lowest BCUT2D eigenvalue weighted by Gasteiger charge is -2.18. The van der Waals surface area contributed by atoms with Gasteiger partial charge in [-0.3, -0.25) is 9.59 Å². The van der Waals surface area contributed by atoms with E-state index in [2.05, 4.69) is 0 Å². The fraction of sp³-hybridized carbons (Fsp3) is 0.235. The number of carboxylic acid groups (broad SMARTS) is 2. The number of nitrogens with zero attached hydrogens (tertiary/aromatic N) is 1. The van der Waals surface area contributed by atoms with Gasteiger partial charge in [-0.15, -0.1) is 0 Å². The smallest absolute Gasteiger partial charge is 0.323 e. The lowest BCUT2D eigenvalue weighted by molar-refractivity contribution is -0.138. The third-order valence-corrected chi connectivity index (χ3v) is 7.25. The van der Waals surface area contributed by atoms with E-state index in [9.17, 15) is 14.7 Å². The summed E-state index contributed by atoms with van der Waals surface area (Å²) < 4.78 is 28.7. The maximum absolute atomic E-state index is 15.1. The number of aliphatic carboxylic acids is 2. The van der Waals surface area contributed by atoms with E-state index < -0.39 is 24.0 Å². The van der Waals surface area contributed by atoms with Crippen molar-refractivity contribution in [2.75, 3.05) is 0 Å². The Morgan fingerprint density at radius 3 is 2.40 bits per heavy atom. The van der Waals surface area contributed by atoms with E-state index in [1.165, 1.54) is 6.07 Å². The largest absolute Gasteiger partial charge is 0.481 e. The highest BCUT2D eigenvalue weighted by molar-refractivity contribution is 6.32. The molecule has 224 valence electrons. The van der Waals surface area contributed by atoms with E-state index >= 15 is 4.39 Å². The zero-order valence-corrected chi connectivity index (χ0v) is 24.9. The first-order valence-corrected chi connectivity index (χ1v) is 14.2. The summed E-state index contributed by atoms with van der Waals surface area (Å²) in [6.07, 6.45) is 7.12. The maximum Gasteiger partial charge on any atom is 0.323 e. The Balaban J connectivity index is 1.59. The Hall–Kier alpha value is -4.56. The van der Waals surface area contributed by atoms with Crippen molar-refractivity contribution in [3.8, 4) is 11.5 Å². The van der Waals surface area contributed by atoms with Crippen LogP contribution in [-0.4, -0.2) is 33.0 Å². The van der Waals surface area contributed by atoms with Crippen LogP contribution in [0.1, 0.15) is 47.7 Å². The summed E-state index contributed by atoms with van der Waals surface area (Å²) in [4.78, 5) is 22.7. The number of hydrogen-bond acceptors (Lipinski definition) is 4. The molecule has 0 aliphatic heterocycles. The van der Waals surface area contributed by atoms with Crippen LogP contribution in [0.3, 0.4) is 0 Å². The minimum atomic E-state index is -1.06. The molecule has 0 spiro atoms. The van der Waals surface area contributed by atoms with Gasteiger partial charge < -0.3 is 24.3 Å². The highest BCUT2D eigenvalue weighted by Crippen LogP contribution is 2.33. The van der Waals surface area contributed by atoms with E-state index in [4.69, 9.17) is 26.2 Å². The van der Waals surface area contributed by atoms with Crippen molar-refractivity contribution in [2.45, 2.75) is 52.9 Å². The van der Waals surface area contributed by atoms with Crippen LogP contribution in [0, 0.1) is 19.7 Å². The first-order valence-electron chi connectivity index (χ1n) is 13.8. The number of halogens is 2. The zero-order chi connectivity index (χ0) is 31.1. The number of aryl methyl sites for hydroxylation is 2. The van der Waals surface area contributed by atoms with E-state index in [1.807, 2.05) is 56.3 Å². The summed E-state index contributed by atoms with van der Waals surface area (Å²) in [7, 11) is 0. The molecule has 0 saturated carbocycles. The molecule has 9 heteroatoms. The number of carboxylic acids is 2. The zero-order valence-electron chi connectivity index (χ0n) is 24.1. The fourth-order valence-electron chi connectivity index (χ4n) is 4.93. The molecule has 0 radical (unpaired) electrons. The van der Waals surface area contributed by atoms with E-state index in [0.29, 0.717) is 57.1 Å². The van der Waals surface area contributed by atoms with Gasteiger partial charge in [0.15, 0.2) is 0 Å². The van der Waals surface area contributed by atoms with Gasteiger partial charge >= 0.3 is 11.9 Å². The summed E-state index contributed by atoms with van der Waals surface area (Å²) >= 11 is 6.32. The number of hydrogen-bond donors (Lipinski definition) is 2. The van der Waals surface area contributed by atoms with Crippen LogP contribution in [0.15, 0.2) is 66.7 Å². The molecule has 0 aliphatic carbocycles. The minimum absolute atomic E-state index is 0.0622. The van der Waals surface area contributed by atoms with Crippen LogP contribution in [0.2, 0.25) is 5.02 Å². The summed E-state index contributed by atoms with van der Waals surface area (Å²) in [6.45, 7) is 5.20. The van der Waals surface area contributed by atoms with Crippen molar-refractivity contribution >= 4 is 46.6 Å². The van der Waals surface area contributed by atoms with Crippen LogP contribution in [-0.2, 0) is 22.6 Å². The summed E-state index contributed by atoms with van der Waals surface area (Å²) in [5, 5.41) is 19.4. The second kappa shape index (κ2) is 14.1. The predicted octanol–water partition coefficient (Wildman–Crippen LogP) is 8.07. The molecule has 0 amide bonds. The highest BCUT2D eigenvalue weighted by atomic mass is 35.5. The number of ether oxygens (including phenoxy) is 2. The van der Waals surface area contributed by atoms with Crippen LogP contribution < -0.4 is 9.47 Å². The first-order chi connectivity index (χ1) is 20.6. The molecule has 4 rings (SSSR count). The molecule has 0 fully saturated rings. The van der Waals surface area contributed by atoms with Crippen molar-refractivity contribution in [2.24, 2.45) is 0 Å². The molecule has 1 atom stereocenters. The summed E-state index contributed by atoms with van der Waals surface area (Å²) in [5.74, 6) is -1.39. The molecule has 0 saturated heterocycles. The van der Waals surface area contributed by atoms with Crippen molar-refractivity contribution in [1.29, 1.82) is 0 Å². The SMILES string of the molecule is CC=CC(Oc1ccc(C=Cc2ccc(F)c3c(CCCC(=O)O)c(C)n(CC(=O)O)c23)cc1)Oc1ccc(C)cc1Cl. The van der Waals surface area contributed by atoms with Crippen molar-refractivity contribution in [3.63, 3.8) is 0 Å². The van der Waals surface area contributed by atoms with Crippen molar-refractivity contribution < 1.29 is 33.7 Å². The molecule has 2 N–H and O–H groups in total. The van der Waals surface area contributed by atoms with Gasteiger partial charge in [0.25, 0.3) is 6.29 Å². The molecule has 0 aliphatic rings. The van der Waals surface area contributed by atoms with E-state index in [-0.39, 0.29) is 13.0 Å². The highest BCUT2D eigenvalue weighted by Gasteiger charge is 2.21. The maximum atomic E-state index is 15.1. The predicted molar refractivity (Wildman–Crippen MR) is 166 cm³/mol. The molecule has 1 aromatic heterocycles. The van der Waals surface area contributed by atoms with Crippen molar-refractivity contribution in [1.82, 2.24) is 4.57 Å². The average Bonchev–Trinajstić information content (AvgIpc) is 3.22. The summed E-state index contributed by atoms with van der Waals surface area (Å²) in [6, 6.07) is 15.8. The lowest BCUT2D eigenvalue weighted by Crippen LogP contribution is -2.21. The first kappa shape index (κ1) is 31.4. The van der Waals surface area contributed by atoms with E-state index in [0.717, 1.165) is 11.1 Å². The van der Waals surface area contributed by atoms with Gasteiger partial charge in [-0.2, -0.15) is 0 Å². The van der Waals surface area contributed by atoms with Gasteiger partial charge in [0.1, 0.15) is 23.9 Å². The minimum Gasteiger partial charge on any atom is -0.481 e. The average molecular weight is 606 g/mol. The quantitative estimate of drug-likeness (QED) is 0.0908. The Kier molecular flexibility index (Phi) is 10.3. The Morgan fingerprint density at radius 2 is 1.74 bits per heavy atom. The molecular weight excluding hydrogens is 573 g/mol. The Labute approximate surface area is 254 Å². The normalized spacial score (nSPS) is 12.3. The van der Waals surface area contributed by atoms with Crippen LogP contribution in [0.5, 0.6) is 11.5 Å². The van der Waals surface area contributed by atoms with Gasteiger partial charge in [0, 0.05) is 17.5 Å². The number of aromatic nitrogens is 1. The summed E-state index contributed by atoms with van der Waals surface area (Å²) in [5.41, 5.74) is 4.19. The Bertz CT molecular complexity index is 1690.